The third-order valence-electron chi connectivity index (χ3n) is 4.35. The van der Waals surface area contributed by atoms with Crippen molar-refractivity contribution in [1.29, 1.82) is 0 Å². The molecule has 1 saturated heterocycles. The number of nitrogens with zero attached hydrogens (tertiary/aromatic N) is 1. The summed E-state index contributed by atoms with van der Waals surface area (Å²) >= 11 is 0. The molecule has 3 unspecified atom stereocenters. The summed E-state index contributed by atoms with van der Waals surface area (Å²) in [5, 5.41) is 12.6. The number of rotatable bonds is 9. The van der Waals surface area contributed by atoms with Gasteiger partial charge in [0.05, 0.1) is 12.7 Å². The Morgan fingerprint density at radius 3 is 2.76 bits per heavy atom. The second-order valence-electron chi connectivity index (χ2n) is 6.51. The molecule has 1 rings (SSSR count). The lowest BCUT2D eigenvalue weighted by Crippen LogP contribution is -2.50. The predicted octanol–water partition coefficient (Wildman–Crippen LogP) is 2.11. The Morgan fingerprint density at radius 2 is 2.14 bits per heavy atom. The van der Waals surface area contributed by atoms with Crippen LogP contribution in [0.2, 0.25) is 0 Å². The van der Waals surface area contributed by atoms with Crippen LogP contribution in [0.15, 0.2) is 0 Å². The number of hydrogen-bond acceptors (Lipinski definition) is 4. The second-order valence-corrected chi connectivity index (χ2v) is 6.51. The van der Waals surface area contributed by atoms with E-state index in [1.165, 1.54) is 0 Å². The van der Waals surface area contributed by atoms with Crippen molar-refractivity contribution in [3.63, 3.8) is 0 Å². The zero-order valence-corrected chi connectivity index (χ0v) is 14.0. The Balaban J connectivity index is 2.32. The van der Waals surface area contributed by atoms with E-state index >= 15 is 0 Å². The molecule has 2 N–H and O–H groups in total. The molecule has 0 amide bonds. The molecule has 1 heterocycles. The fourth-order valence-electron chi connectivity index (χ4n) is 2.75. The summed E-state index contributed by atoms with van der Waals surface area (Å²) in [6.45, 7) is 11.7. The highest BCUT2D eigenvalue weighted by Gasteiger charge is 2.31. The summed E-state index contributed by atoms with van der Waals surface area (Å²) in [7, 11) is 0. The van der Waals surface area contributed by atoms with E-state index in [9.17, 15) is 9.90 Å². The first kappa shape index (κ1) is 18.4. The fraction of sp³-hybridized carbons (Fsp3) is 0.938. The van der Waals surface area contributed by atoms with Crippen molar-refractivity contribution in [3.05, 3.63) is 0 Å². The van der Waals surface area contributed by atoms with E-state index < -0.39 is 11.5 Å². The molecular formula is C16H32N2O3. The first-order valence-corrected chi connectivity index (χ1v) is 8.23. The van der Waals surface area contributed by atoms with Crippen molar-refractivity contribution in [2.75, 3.05) is 26.2 Å². The van der Waals surface area contributed by atoms with Gasteiger partial charge in [-0.05, 0) is 59.5 Å². The molecule has 1 fully saturated rings. The van der Waals surface area contributed by atoms with E-state index in [1.54, 1.807) is 6.92 Å². The minimum Gasteiger partial charge on any atom is -0.480 e. The van der Waals surface area contributed by atoms with Crippen LogP contribution in [0.1, 0.15) is 53.4 Å². The first-order valence-electron chi connectivity index (χ1n) is 8.23. The fourth-order valence-corrected chi connectivity index (χ4v) is 2.75. The average Bonchev–Trinajstić information content (AvgIpc) is 2.44. The normalized spacial score (nSPS) is 26.5. The molecule has 5 nitrogen and oxygen atoms in total. The van der Waals surface area contributed by atoms with Crippen molar-refractivity contribution in [2.24, 2.45) is 0 Å². The number of ether oxygens (including phenoxy) is 1. The zero-order valence-electron chi connectivity index (χ0n) is 14.0. The van der Waals surface area contributed by atoms with Crippen molar-refractivity contribution in [2.45, 2.75) is 71.1 Å². The van der Waals surface area contributed by atoms with Gasteiger partial charge in [0.15, 0.2) is 0 Å². The van der Waals surface area contributed by atoms with Crippen molar-refractivity contribution >= 4 is 5.97 Å². The summed E-state index contributed by atoms with van der Waals surface area (Å²) in [4.78, 5) is 13.9. The van der Waals surface area contributed by atoms with Crippen LogP contribution in [0.3, 0.4) is 0 Å². The van der Waals surface area contributed by atoms with Crippen molar-refractivity contribution in [3.8, 4) is 0 Å². The quantitative estimate of drug-likeness (QED) is 0.639. The molecule has 5 heteroatoms. The third kappa shape index (κ3) is 5.93. The van der Waals surface area contributed by atoms with Gasteiger partial charge in [-0.1, -0.05) is 6.92 Å². The summed E-state index contributed by atoms with van der Waals surface area (Å²) in [5.41, 5.74) is -0.792. The van der Waals surface area contributed by atoms with Gasteiger partial charge in [0.25, 0.3) is 0 Å². The van der Waals surface area contributed by atoms with Gasteiger partial charge in [0.2, 0.25) is 0 Å². The van der Waals surface area contributed by atoms with E-state index in [-0.39, 0.29) is 0 Å². The maximum Gasteiger partial charge on any atom is 0.323 e. The topological polar surface area (TPSA) is 61.8 Å². The van der Waals surface area contributed by atoms with Gasteiger partial charge < -0.3 is 15.2 Å². The number of nitrogens with one attached hydrogen (secondary N) is 1. The van der Waals surface area contributed by atoms with E-state index in [0.29, 0.717) is 18.6 Å². The number of hydrogen-bond donors (Lipinski definition) is 2. The van der Waals surface area contributed by atoms with Crippen LogP contribution in [0.5, 0.6) is 0 Å². The molecule has 0 saturated carbocycles. The zero-order chi connectivity index (χ0) is 15.9. The second kappa shape index (κ2) is 8.71. The number of morpholine rings is 1. The standard InChI is InChI=1S/C16H32N2O3/c1-5-9-17-16(4,15(19)20)8-6-7-10-18-11-14(3)21-12-13(18)2/h13-14,17H,5-12H2,1-4H3,(H,19,20). The van der Waals surface area contributed by atoms with Gasteiger partial charge in [0, 0.05) is 12.6 Å². The lowest BCUT2D eigenvalue weighted by molar-refractivity contribution is -0.144. The van der Waals surface area contributed by atoms with Crippen molar-refractivity contribution in [1.82, 2.24) is 10.2 Å². The molecule has 1 aliphatic rings. The minimum atomic E-state index is -0.792. The van der Waals surface area contributed by atoms with Gasteiger partial charge in [-0.25, -0.2) is 0 Å². The van der Waals surface area contributed by atoms with Gasteiger partial charge in [0.1, 0.15) is 5.54 Å². The smallest absolute Gasteiger partial charge is 0.323 e. The molecule has 0 spiro atoms. The van der Waals surface area contributed by atoms with E-state index in [1.807, 2.05) is 0 Å². The summed E-state index contributed by atoms with van der Waals surface area (Å²) < 4.78 is 5.63. The summed E-state index contributed by atoms with van der Waals surface area (Å²) in [6, 6.07) is 0.463. The molecule has 1 aliphatic heterocycles. The molecular weight excluding hydrogens is 268 g/mol. The molecule has 0 bridgehead atoms. The Kier molecular flexibility index (Phi) is 7.63. The number of unbranched alkanes of at least 4 members (excludes halogenated alkanes) is 1. The largest absolute Gasteiger partial charge is 0.480 e. The molecule has 124 valence electrons. The number of aliphatic carboxylic acids is 1. The lowest BCUT2D eigenvalue weighted by atomic mass is 9.94. The highest BCUT2D eigenvalue weighted by molar-refractivity contribution is 5.78. The maximum atomic E-state index is 11.4. The number of carboxylic acids is 1. The molecule has 3 atom stereocenters. The van der Waals surface area contributed by atoms with Crippen LogP contribution in [0.25, 0.3) is 0 Å². The summed E-state index contributed by atoms with van der Waals surface area (Å²) in [6.07, 6.45) is 3.89. The molecule has 0 aromatic rings. The highest BCUT2D eigenvalue weighted by atomic mass is 16.5. The van der Waals surface area contributed by atoms with Crippen LogP contribution in [0, 0.1) is 0 Å². The van der Waals surface area contributed by atoms with Crippen LogP contribution in [-0.4, -0.2) is 59.9 Å². The Labute approximate surface area is 129 Å². The van der Waals surface area contributed by atoms with Crippen LogP contribution in [0.4, 0.5) is 0 Å². The first-order chi connectivity index (χ1) is 9.89. The summed E-state index contributed by atoms with van der Waals surface area (Å²) in [5.74, 6) is -0.746. The molecule has 0 radical (unpaired) electrons. The van der Waals surface area contributed by atoms with Gasteiger partial charge in [-0.3, -0.25) is 9.69 Å². The minimum absolute atomic E-state index is 0.303. The van der Waals surface area contributed by atoms with Gasteiger partial charge >= 0.3 is 5.97 Å². The third-order valence-corrected chi connectivity index (χ3v) is 4.35. The Morgan fingerprint density at radius 1 is 1.43 bits per heavy atom. The predicted molar refractivity (Wildman–Crippen MR) is 84.6 cm³/mol. The van der Waals surface area contributed by atoms with Crippen LogP contribution < -0.4 is 5.32 Å². The van der Waals surface area contributed by atoms with Gasteiger partial charge in [-0.15, -0.1) is 0 Å². The van der Waals surface area contributed by atoms with Crippen LogP contribution >= 0.6 is 0 Å². The highest BCUT2D eigenvalue weighted by Crippen LogP contribution is 2.17. The molecule has 0 aliphatic carbocycles. The van der Waals surface area contributed by atoms with Gasteiger partial charge in [-0.2, -0.15) is 0 Å². The molecule has 0 aromatic carbocycles. The molecule has 21 heavy (non-hydrogen) atoms. The van der Waals surface area contributed by atoms with E-state index in [2.05, 4.69) is 31.0 Å². The Hall–Kier alpha value is -0.650. The SMILES string of the molecule is CCCNC(C)(CCCCN1CC(C)OCC1C)C(=O)O. The average molecular weight is 300 g/mol. The van der Waals surface area contributed by atoms with E-state index in [0.717, 1.165) is 45.5 Å². The lowest BCUT2D eigenvalue weighted by Gasteiger charge is -2.37. The van der Waals surface area contributed by atoms with Crippen LogP contribution in [-0.2, 0) is 9.53 Å². The maximum absolute atomic E-state index is 11.4. The van der Waals surface area contributed by atoms with Crippen molar-refractivity contribution < 1.29 is 14.6 Å². The monoisotopic (exact) mass is 300 g/mol. The number of carboxylic acid groups (broad SMARTS) is 1. The van der Waals surface area contributed by atoms with E-state index in [4.69, 9.17) is 4.74 Å². The molecule has 0 aromatic heterocycles. The Bertz CT molecular complexity index is 325. The number of carbonyl (C=O) groups is 1.